The van der Waals surface area contributed by atoms with Gasteiger partial charge >= 0.3 is 0 Å². The largest absolute Gasteiger partial charge is 0.388 e. The van der Waals surface area contributed by atoms with Crippen molar-refractivity contribution in [1.82, 2.24) is 10.2 Å². The smallest absolute Gasteiger partial charge is 0.0869 e. The Morgan fingerprint density at radius 1 is 1.26 bits per heavy atom. The van der Waals surface area contributed by atoms with Gasteiger partial charge < -0.3 is 15.3 Å². The van der Waals surface area contributed by atoms with E-state index < -0.39 is 5.60 Å². The molecule has 3 heteroatoms. The van der Waals surface area contributed by atoms with Crippen LogP contribution < -0.4 is 5.32 Å². The average Bonchev–Trinajstić information content (AvgIpc) is 2.36. The van der Waals surface area contributed by atoms with Gasteiger partial charge in [0.2, 0.25) is 0 Å². The van der Waals surface area contributed by atoms with Gasteiger partial charge in [0, 0.05) is 25.2 Å². The molecule has 0 amide bonds. The number of rotatable bonds is 7. The second-order valence-electron chi connectivity index (χ2n) is 7.03. The minimum atomic E-state index is -0.638. The molecule has 0 heterocycles. The van der Waals surface area contributed by atoms with Gasteiger partial charge in [-0.2, -0.15) is 0 Å². The fourth-order valence-corrected chi connectivity index (χ4v) is 3.14. The number of nitrogens with zero attached hydrogens (tertiary/aromatic N) is 1. The van der Waals surface area contributed by atoms with E-state index in [4.69, 9.17) is 0 Å². The maximum absolute atomic E-state index is 10.5. The minimum Gasteiger partial charge on any atom is -0.388 e. The quantitative estimate of drug-likeness (QED) is 0.746. The van der Waals surface area contributed by atoms with Crippen LogP contribution in [0.15, 0.2) is 0 Å². The zero-order chi connectivity index (χ0) is 14.5. The fourth-order valence-electron chi connectivity index (χ4n) is 3.14. The molecule has 0 aliphatic heterocycles. The highest BCUT2D eigenvalue weighted by atomic mass is 16.3. The summed E-state index contributed by atoms with van der Waals surface area (Å²) in [7, 11) is 2.17. The molecule has 0 aromatic heterocycles. The third-order valence-electron chi connectivity index (χ3n) is 4.50. The van der Waals surface area contributed by atoms with Crippen molar-refractivity contribution in [1.29, 1.82) is 0 Å². The summed E-state index contributed by atoms with van der Waals surface area (Å²) in [6.07, 6.45) is 6.63. The predicted molar refractivity (Wildman–Crippen MR) is 82.4 cm³/mol. The number of aliphatic hydroxyl groups is 1. The van der Waals surface area contributed by atoms with Crippen LogP contribution in [0.3, 0.4) is 0 Å². The Bertz CT molecular complexity index is 245. The van der Waals surface area contributed by atoms with E-state index in [0.717, 1.165) is 12.5 Å². The minimum absolute atomic E-state index is 0.428. The molecule has 114 valence electrons. The van der Waals surface area contributed by atoms with Crippen LogP contribution in [0.1, 0.15) is 59.8 Å². The van der Waals surface area contributed by atoms with E-state index in [2.05, 4.69) is 38.0 Å². The highest BCUT2D eigenvalue weighted by Gasteiger charge is 2.28. The van der Waals surface area contributed by atoms with E-state index in [9.17, 15) is 5.11 Å². The Hall–Kier alpha value is -0.120. The molecule has 0 saturated heterocycles. The van der Waals surface area contributed by atoms with Crippen molar-refractivity contribution in [2.24, 2.45) is 5.92 Å². The van der Waals surface area contributed by atoms with Gasteiger partial charge in [-0.1, -0.05) is 27.2 Å². The van der Waals surface area contributed by atoms with Crippen molar-refractivity contribution in [3.63, 3.8) is 0 Å². The average molecular weight is 270 g/mol. The Morgan fingerprint density at radius 3 is 2.32 bits per heavy atom. The highest BCUT2D eigenvalue weighted by Crippen LogP contribution is 2.29. The standard InChI is InChI=1S/C16H34N2O/c1-6-14-7-9-15(10-8-14)18(5)12-16(4,19)11-17-13(2)3/h13-15,17,19H,6-12H2,1-5H3. The summed E-state index contributed by atoms with van der Waals surface area (Å²) in [5.74, 6) is 0.938. The molecule has 0 radical (unpaired) electrons. The zero-order valence-corrected chi connectivity index (χ0v) is 13.6. The topological polar surface area (TPSA) is 35.5 Å². The Kier molecular flexibility index (Phi) is 6.78. The van der Waals surface area contributed by atoms with Crippen LogP contribution in [0.25, 0.3) is 0 Å². The van der Waals surface area contributed by atoms with Gasteiger partial charge in [-0.25, -0.2) is 0 Å². The van der Waals surface area contributed by atoms with Crippen LogP contribution in [0.2, 0.25) is 0 Å². The Labute approximate surface area is 119 Å². The van der Waals surface area contributed by atoms with Crippen molar-refractivity contribution in [3.8, 4) is 0 Å². The molecule has 1 rings (SSSR count). The highest BCUT2D eigenvalue weighted by molar-refractivity contribution is 4.84. The lowest BCUT2D eigenvalue weighted by molar-refractivity contribution is 0.00716. The van der Waals surface area contributed by atoms with Gasteiger partial charge in [0.25, 0.3) is 0 Å². The molecule has 3 nitrogen and oxygen atoms in total. The molecule has 1 saturated carbocycles. The summed E-state index contributed by atoms with van der Waals surface area (Å²) in [6.45, 7) is 9.90. The molecule has 0 spiro atoms. The van der Waals surface area contributed by atoms with Crippen molar-refractivity contribution in [2.75, 3.05) is 20.1 Å². The van der Waals surface area contributed by atoms with Crippen molar-refractivity contribution in [2.45, 2.75) is 77.5 Å². The summed E-state index contributed by atoms with van der Waals surface area (Å²) in [4.78, 5) is 2.37. The summed E-state index contributed by atoms with van der Waals surface area (Å²) in [5.41, 5.74) is -0.638. The zero-order valence-electron chi connectivity index (χ0n) is 13.6. The van der Waals surface area contributed by atoms with Crippen molar-refractivity contribution in [3.05, 3.63) is 0 Å². The van der Waals surface area contributed by atoms with Gasteiger partial charge in [-0.15, -0.1) is 0 Å². The van der Waals surface area contributed by atoms with Crippen LogP contribution in [0, 0.1) is 5.92 Å². The van der Waals surface area contributed by atoms with Gasteiger partial charge in [-0.3, -0.25) is 0 Å². The first-order chi connectivity index (χ1) is 8.84. The van der Waals surface area contributed by atoms with Crippen molar-refractivity contribution >= 4 is 0 Å². The maximum atomic E-state index is 10.5. The van der Waals surface area contributed by atoms with E-state index >= 15 is 0 Å². The van der Waals surface area contributed by atoms with Crippen LogP contribution in [-0.4, -0.2) is 47.8 Å². The molecule has 1 fully saturated rings. The van der Waals surface area contributed by atoms with Crippen molar-refractivity contribution < 1.29 is 5.11 Å². The van der Waals surface area contributed by atoms with Crippen LogP contribution in [0.5, 0.6) is 0 Å². The Morgan fingerprint density at radius 2 is 1.84 bits per heavy atom. The molecule has 2 N–H and O–H groups in total. The Balaban J connectivity index is 2.35. The molecule has 1 aliphatic carbocycles. The molecule has 1 atom stereocenters. The fraction of sp³-hybridized carbons (Fsp3) is 1.00. The van der Waals surface area contributed by atoms with Gasteiger partial charge in [0.1, 0.15) is 0 Å². The van der Waals surface area contributed by atoms with E-state index in [1.807, 2.05) is 6.92 Å². The first-order valence-electron chi connectivity index (χ1n) is 8.00. The SMILES string of the molecule is CCC1CCC(N(C)CC(C)(O)CNC(C)C)CC1. The first kappa shape index (κ1) is 16.9. The molecular formula is C16H34N2O. The van der Waals surface area contributed by atoms with Gasteiger partial charge in [0.15, 0.2) is 0 Å². The first-order valence-corrected chi connectivity index (χ1v) is 8.00. The number of likely N-dealkylation sites (N-methyl/N-ethyl adjacent to an activating group) is 1. The summed E-state index contributed by atoms with van der Waals surface area (Å²) >= 11 is 0. The molecule has 19 heavy (non-hydrogen) atoms. The maximum Gasteiger partial charge on any atom is 0.0869 e. The normalized spacial score (nSPS) is 27.8. The third-order valence-corrected chi connectivity index (χ3v) is 4.50. The summed E-state index contributed by atoms with van der Waals surface area (Å²) < 4.78 is 0. The van der Waals surface area contributed by atoms with Crippen LogP contribution in [0.4, 0.5) is 0 Å². The number of nitrogens with one attached hydrogen (secondary N) is 1. The lowest BCUT2D eigenvalue weighted by Crippen LogP contribution is -2.50. The molecule has 1 aliphatic rings. The van der Waals surface area contributed by atoms with E-state index in [1.165, 1.54) is 32.1 Å². The summed E-state index contributed by atoms with van der Waals surface area (Å²) in [5, 5.41) is 13.8. The molecule has 0 bridgehead atoms. The summed E-state index contributed by atoms with van der Waals surface area (Å²) in [6, 6.07) is 1.09. The third kappa shape index (κ3) is 6.24. The van der Waals surface area contributed by atoms with Gasteiger partial charge in [-0.05, 0) is 45.6 Å². The molecular weight excluding hydrogens is 236 g/mol. The lowest BCUT2D eigenvalue weighted by atomic mass is 9.84. The van der Waals surface area contributed by atoms with E-state index in [1.54, 1.807) is 0 Å². The number of hydrogen-bond donors (Lipinski definition) is 2. The lowest BCUT2D eigenvalue weighted by Gasteiger charge is -2.38. The van der Waals surface area contributed by atoms with Gasteiger partial charge in [0.05, 0.1) is 5.60 Å². The van der Waals surface area contributed by atoms with Crippen LogP contribution in [-0.2, 0) is 0 Å². The second-order valence-corrected chi connectivity index (χ2v) is 7.03. The van der Waals surface area contributed by atoms with E-state index in [-0.39, 0.29) is 0 Å². The van der Waals surface area contributed by atoms with Crippen LogP contribution >= 0.6 is 0 Å². The number of hydrogen-bond acceptors (Lipinski definition) is 3. The monoisotopic (exact) mass is 270 g/mol. The van der Waals surface area contributed by atoms with E-state index in [0.29, 0.717) is 18.6 Å². The molecule has 0 aromatic rings. The molecule has 0 aromatic carbocycles. The predicted octanol–water partition coefficient (Wildman–Crippen LogP) is 2.64. The molecule has 1 unspecified atom stereocenters. The second kappa shape index (κ2) is 7.61.